The molecule has 1 aliphatic rings. The van der Waals surface area contributed by atoms with E-state index in [0.29, 0.717) is 12.1 Å². The zero-order valence-electron chi connectivity index (χ0n) is 11.7. The summed E-state index contributed by atoms with van der Waals surface area (Å²) in [6.07, 6.45) is 7.00. The van der Waals surface area contributed by atoms with E-state index < -0.39 is 0 Å². The van der Waals surface area contributed by atoms with Gasteiger partial charge in [-0.05, 0) is 37.8 Å². The second-order valence-corrected chi connectivity index (χ2v) is 6.18. The first kappa shape index (κ1) is 13.6. The summed E-state index contributed by atoms with van der Waals surface area (Å²) >= 11 is 1.68. The minimum Gasteiger partial charge on any atom is -0.382 e. The minimum atomic E-state index is 0.406. The highest BCUT2D eigenvalue weighted by Gasteiger charge is 2.21. The number of hydrogen-bond donors (Lipinski definition) is 1. The van der Waals surface area contributed by atoms with Crippen LogP contribution in [0.1, 0.15) is 25.7 Å². The smallest absolute Gasteiger partial charge is 0.123 e. The zero-order valence-corrected chi connectivity index (χ0v) is 12.5. The van der Waals surface area contributed by atoms with Crippen LogP contribution in [-0.4, -0.2) is 24.2 Å². The van der Waals surface area contributed by atoms with E-state index in [1.165, 1.54) is 30.5 Å². The third-order valence-corrected chi connectivity index (χ3v) is 4.69. The molecule has 2 unspecified atom stereocenters. The second-order valence-electron chi connectivity index (χ2n) is 5.28. The molecule has 4 heteroatoms. The molecule has 1 aliphatic carbocycles. The van der Waals surface area contributed by atoms with E-state index in [4.69, 9.17) is 4.74 Å². The van der Waals surface area contributed by atoms with E-state index in [-0.39, 0.29) is 0 Å². The lowest BCUT2D eigenvalue weighted by atomic mass is 9.92. The Bertz CT molecular complexity index is 541. The quantitative estimate of drug-likeness (QED) is 0.916. The summed E-state index contributed by atoms with van der Waals surface area (Å²) in [5.41, 5.74) is 2.36. The summed E-state index contributed by atoms with van der Waals surface area (Å²) in [6, 6.07) is 9.04. The van der Waals surface area contributed by atoms with Crippen molar-refractivity contribution in [1.29, 1.82) is 0 Å². The zero-order chi connectivity index (χ0) is 13.8. The van der Waals surface area contributed by atoms with Gasteiger partial charge in [0, 0.05) is 36.0 Å². The normalized spacial score (nSPS) is 22.6. The lowest BCUT2D eigenvalue weighted by Crippen LogP contribution is -2.30. The Labute approximate surface area is 124 Å². The SMILES string of the molecule is COC1CCCC(Nc2cccc(-c3nccs3)c2)C1. The molecule has 1 N–H and O–H groups in total. The fourth-order valence-electron chi connectivity index (χ4n) is 2.83. The van der Waals surface area contributed by atoms with Gasteiger partial charge < -0.3 is 10.1 Å². The van der Waals surface area contributed by atoms with Gasteiger partial charge in [-0.25, -0.2) is 4.98 Å². The van der Waals surface area contributed by atoms with Crippen LogP contribution < -0.4 is 5.32 Å². The fraction of sp³-hybridized carbons (Fsp3) is 0.438. The van der Waals surface area contributed by atoms with E-state index in [1.54, 1.807) is 11.3 Å². The Morgan fingerprint density at radius 2 is 2.30 bits per heavy atom. The van der Waals surface area contributed by atoms with E-state index >= 15 is 0 Å². The molecule has 1 fully saturated rings. The number of hydrogen-bond acceptors (Lipinski definition) is 4. The van der Waals surface area contributed by atoms with Gasteiger partial charge in [0.05, 0.1) is 6.10 Å². The predicted octanol–water partition coefficient (Wildman–Crippen LogP) is 4.18. The number of benzene rings is 1. The molecule has 0 aliphatic heterocycles. The van der Waals surface area contributed by atoms with Gasteiger partial charge >= 0.3 is 0 Å². The molecule has 20 heavy (non-hydrogen) atoms. The number of nitrogens with zero attached hydrogens (tertiary/aromatic N) is 1. The van der Waals surface area contributed by atoms with Crippen molar-refractivity contribution in [2.45, 2.75) is 37.8 Å². The van der Waals surface area contributed by atoms with Crippen molar-refractivity contribution >= 4 is 17.0 Å². The number of rotatable bonds is 4. The van der Waals surface area contributed by atoms with Crippen molar-refractivity contribution in [1.82, 2.24) is 4.98 Å². The van der Waals surface area contributed by atoms with E-state index in [9.17, 15) is 0 Å². The van der Waals surface area contributed by atoms with Crippen molar-refractivity contribution in [3.05, 3.63) is 35.8 Å². The molecular formula is C16H20N2OS. The molecule has 1 aromatic heterocycles. The van der Waals surface area contributed by atoms with E-state index in [0.717, 1.165) is 11.4 Å². The van der Waals surface area contributed by atoms with Gasteiger partial charge in [0.1, 0.15) is 5.01 Å². The van der Waals surface area contributed by atoms with Crippen molar-refractivity contribution in [2.24, 2.45) is 0 Å². The highest BCUT2D eigenvalue weighted by Crippen LogP contribution is 2.27. The van der Waals surface area contributed by atoms with Crippen LogP contribution in [-0.2, 0) is 4.74 Å². The predicted molar refractivity (Wildman–Crippen MR) is 84.2 cm³/mol. The second kappa shape index (κ2) is 6.37. The van der Waals surface area contributed by atoms with Crippen LogP contribution in [0.4, 0.5) is 5.69 Å². The summed E-state index contributed by atoms with van der Waals surface area (Å²) < 4.78 is 5.49. The third-order valence-electron chi connectivity index (χ3n) is 3.87. The van der Waals surface area contributed by atoms with Gasteiger partial charge in [0.15, 0.2) is 0 Å². The molecule has 1 saturated carbocycles. The molecule has 3 nitrogen and oxygen atoms in total. The maximum atomic E-state index is 5.49. The van der Waals surface area contributed by atoms with Crippen LogP contribution >= 0.6 is 11.3 Å². The summed E-state index contributed by atoms with van der Waals surface area (Å²) in [4.78, 5) is 4.37. The van der Waals surface area contributed by atoms with Gasteiger partial charge in [-0.1, -0.05) is 12.1 Å². The number of aromatic nitrogens is 1. The Balaban J connectivity index is 1.70. The molecule has 2 atom stereocenters. The largest absolute Gasteiger partial charge is 0.382 e. The Kier molecular flexibility index (Phi) is 4.33. The summed E-state index contributed by atoms with van der Waals surface area (Å²) in [5, 5.41) is 6.73. The summed E-state index contributed by atoms with van der Waals surface area (Å²) in [7, 11) is 1.82. The summed E-state index contributed by atoms with van der Waals surface area (Å²) in [6.45, 7) is 0. The van der Waals surface area contributed by atoms with Crippen LogP contribution in [0.3, 0.4) is 0 Å². The van der Waals surface area contributed by atoms with Gasteiger partial charge in [-0.15, -0.1) is 11.3 Å². The first-order valence-electron chi connectivity index (χ1n) is 7.14. The molecule has 3 rings (SSSR count). The Morgan fingerprint density at radius 1 is 1.35 bits per heavy atom. The van der Waals surface area contributed by atoms with Crippen LogP contribution in [0.25, 0.3) is 10.6 Å². The molecule has 0 saturated heterocycles. The number of nitrogens with one attached hydrogen (secondary N) is 1. The minimum absolute atomic E-state index is 0.406. The standard InChI is InChI=1S/C16H20N2OS/c1-19-15-7-3-6-14(11-15)18-13-5-2-4-12(10-13)16-17-8-9-20-16/h2,4-5,8-10,14-15,18H,3,6-7,11H2,1H3. The number of anilines is 1. The van der Waals surface area contributed by atoms with Gasteiger partial charge in [-0.3, -0.25) is 0 Å². The van der Waals surface area contributed by atoms with E-state index in [1.807, 2.05) is 18.7 Å². The maximum absolute atomic E-state index is 5.49. The first-order valence-corrected chi connectivity index (χ1v) is 8.02. The van der Waals surface area contributed by atoms with Crippen LogP contribution in [0, 0.1) is 0 Å². The number of methoxy groups -OCH3 is 1. The van der Waals surface area contributed by atoms with Crippen molar-refractivity contribution in [3.8, 4) is 10.6 Å². The highest BCUT2D eigenvalue weighted by molar-refractivity contribution is 7.13. The van der Waals surface area contributed by atoms with Gasteiger partial charge in [-0.2, -0.15) is 0 Å². The molecule has 0 bridgehead atoms. The average Bonchev–Trinajstić information content (AvgIpc) is 3.02. The number of thiazole rings is 1. The molecule has 1 heterocycles. The van der Waals surface area contributed by atoms with Crippen LogP contribution in [0.15, 0.2) is 35.8 Å². The van der Waals surface area contributed by atoms with Crippen LogP contribution in [0.2, 0.25) is 0 Å². The molecule has 1 aromatic carbocycles. The molecule has 0 radical (unpaired) electrons. The van der Waals surface area contributed by atoms with Gasteiger partial charge in [0.2, 0.25) is 0 Å². The maximum Gasteiger partial charge on any atom is 0.123 e. The molecule has 0 spiro atoms. The number of ether oxygens (including phenoxy) is 1. The Hall–Kier alpha value is -1.39. The van der Waals surface area contributed by atoms with Crippen molar-refractivity contribution in [2.75, 3.05) is 12.4 Å². The lowest BCUT2D eigenvalue weighted by molar-refractivity contribution is 0.0669. The van der Waals surface area contributed by atoms with Crippen molar-refractivity contribution in [3.63, 3.8) is 0 Å². The Morgan fingerprint density at radius 3 is 3.10 bits per heavy atom. The average molecular weight is 288 g/mol. The summed E-state index contributed by atoms with van der Waals surface area (Å²) in [5.74, 6) is 0. The highest BCUT2D eigenvalue weighted by atomic mass is 32.1. The van der Waals surface area contributed by atoms with E-state index in [2.05, 4.69) is 34.6 Å². The molecular weight excluding hydrogens is 268 g/mol. The van der Waals surface area contributed by atoms with Crippen molar-refractivity contribution < 1.29 is 4.74 Å². The lowest BCUT2D eigenvalue weighted by Gasteiger charge is -2.29. The molecule has 0 amide bonds. The monoisotopic (exact) mass is 288 g/mol. The van der Waals surface area contributed by atoms with Gasteiger partial charge in [0.25, 0.3) is 0 Å². The fourth-order valence-corrected chi connectivity index (χ4v) is 3.47. The van der Waals surface area contributed by atoms with Crippen LogP contribution in [0.5, 0.6) is 0 Å². The first-order chi connectivity index (χ1) is 9.85. The molecule has 2 aromatic rings. The molecule has 106 valence electrons. The topological polar surface area (TPSA) is 34.1 Å². The third kappa shape index (κ3) is 3.19.